The first-order chi connectivity index (χ1) is 17.3. The van der Waals surface area contributed by atoms with Crippen LogP contribution in [0.4, 0.5) is 4.79 Å². The van der Waals surface area contributed by atoms with Crippen LogP contribution in [-0.2, 0) is 10.3 Å². The fourth-order valence-electron chi connectivity index (χ4n) is 4.94. The number of ether oxygens (including phenoxy) is 4. The van der Waals surface area contributed by atoms with Crippen LogP contribution in [0.5, 0.6) is 23.0 Å². The zero-order chi connectivity index (χ0) is 25.2. The van der Waals surface area contributed by atoms with Gasteiger partial charge in [0.15, 0.2) is 28.8 Å². The minimum absolute atomic E-state index is 0.0983. The van der Waals surface area contributed by atoms with Gasteiger partial charge in [0.2, 0.25) is 13.6 Å². The lowest BCUT2D eigenvalue weighted by molar-refractivity contribution is -0.130. The Morgan fingerprint density at radius 1 is 0.917 bits per heavy atom. The Labute approximate surface area is 206 Å². The Morgan fingerprint density at radius 2 is 1.56 bits per heavy atom. The zero-order valence-electron chi connectivity index (χ0n) is 19.9. The van der Waals surface area contributed by atoms with Gasteiger partial charge in [0.25, 0.3) is 5.91 Å². The second-order valence-electron chi connectivity index (χ2n) is 9.10. The van der Waals surface area contributed by atoms with Crippen molar-refractivity contribution in [3.8, 4) is 28.7 Å². The number of urea groups is 1. The molecule has 1 N–H and O–H groups in total. The van der Waals surface area contributed by atoms with E-state index >= 15 is 0 Å². The summed E-state index contributed by atoms with van der Waals surface area (Å²) in [5.41, 5.74) is 1.99. The fraction of sp³-hybridized carbons (Fsp3) is 0.269. The number of aromatic nitrogens is 1. The van der Waals surface area contributed by atoms with E-state index in [0.717, 1.165) is 16.3 Å². The van der Waals surface area contributed by atoms with Gasteiger partial charge in [-0.2, -0.15) is 0 Å². The molecule has 0 aliphatic carbocycles. The SMILES string of the molecule is Cc1cc(C(=O)CN2C(=O)NC(C)(c3ccc4c(c3)OCO4)C2=O)c(C)n1-c1ccc2c(c1)OCO2. The van der Waals surface area contributed by atoms with Crippen LogP contribution in [0.2, 0.25) is 0 Å². The summed E-state index contributed by atoms with van der Waals surface area (Å²) in [6.07, 6.45) is 0. The molecular weight excluding hydrogens is 466 g/mol. The maximum absolute atomic E-state index is 13.4. The number of rotatable bonds is 5. The standard InChI is InChI=1S/C26H23N3O7/c1-14-8-18(15(2)29(14)17-5-7-21-23(10-17)36-13-34-21)19(30)11-28-24(31)26(3,27-25(28)32)16-4-6-20-22(9-16)35-12-33-20/h4-10H,11-13H2,1-3H3,(H,27,32). The smallest absolute Gasteiger partial charge is 0.325 e. The van der Waals surface area contributed by atoms with Crippen molar-refractivity contribution in [3.05, 3.63) is 65.0 Å². The number of nitrogens with zero attached hydrogens (tertiary/aromatic N) is 2. The van der Waals surface area contributed by atoms with E-state index in [1.165, 1.54) is 0 Å². The first-order valence-electron chi connectivity index (χ1n) is 11.4. The van der Waals surface area contributed by atoms with Gasteiger partial charge in [-0.1, -0.05) is 6.07 Å². The van der Waals surface area contributed by atoms with E-state index in [9.17, 15) is 14.4 Å². The Bertz CT molecular complexity index is 1460. The van der Waals surface area contributed by atoms with Gasteiger partial charge in [0.1, 0.15) is 5.54 Å². The summed E-state index contributed by atoms with van der Waals surface area (Å²) in [6, 6.07) is 11.8. The van der Waals surface area contributed by atoms with Crippen LogP contribution in [0.15, 0.2) is 42.5 Å². The predicted molar refractivity (Wildman–Crippen MR) is 126 cm³/mol. The topological polar surface area (TPSA) is 108 Å². The molecule has 10 nitrogen and oxygen atoms in total. The number of carbonyl (C=O) groups is 3. The number of Topliss-reactive ketones (excluding diaryl/α,β-unsaturated/α-hetero) is 1. The number of amides is 3. The third kappa shape index (κ3) is 3.21. The molecule has 0 saturated carbocycles. The number of fused-ring (bicyclic) bond motifs is 2. The molecule has 6 rings (SSSR count). The molecule has 1 saturated heterocycles. The van der Waals surface area contributed by atoms with E-state index in [1.54, 1.807) is 31.2 Å². The second-order valence-corrected chi connectivity index (χ2v) is 9.10. The van der Waals surface area contributed by atoms with Gasteiger partial charge in [-0.05, 0) is 56.7 Å². The van der Waals surface area contributed by atoms with E-state index < -0.39 is 17.5 Å². The van der Waals surface area contributed by atoms with Gasteiger partial charge < -0.3 is 28.8 Å². The maximum atomic E-state index is 13.4. The molecule has 36 heavy (non-hydrogen) atoms. The van der Waals surface area contributed by atoms with Crippen LogP contribution in [0.1, 0.15) is 34.2 Å². The summed E-state index contributed by atoms with van der Waals surface area (Å²) in [4.78, 5) is 40.5. The number of nitrogens with one attached hydrogen (secondary N) is 1. The molecule has 3 amide bonds. The average Bonchev–Trinajstić information content (AvgIpc) is 3.62. The summed E-state index contributed by atoms with van der Waals surface area (Å²) in [7, 11) is 0. The molecule has 3 aliphatic heterocycles. The molecule has 3 aliphatic rings. The first kappa shape index (κ1) is 22.0. The van der Waals surface area contributed by atoms with Crippen LogP contribution in [0.25, 0.3) is 5.69 Å². The van der Waals surface area contributed by atoms with Gasteiger partial charge in [-0.3, -0.25) is 14.5 Å². The molecule has 1 aromatic heterocycles. The highest BCUT2D eigenvalue weighted by Crippen LogP contribution is 2.38. The van der Waals surface area contributed by atoms with Crippen molar-refractivity contribution in [2.75, 3.05) is 20.1 Å². The monoisotopic (exact) mass is 489 g/mol. The highest BCUT2D eigenvalue weighted by molar-refractivity contribution is 6.11. The zero-order valence-corrected chi connectivity index (χ0v) is 19.9. The number of hydrogen-bond acceptors (Lipinski definition) is 7. The lowest BCUT2D eigenvalue weighted by Gasteiger charge is -2.22. The van der Waals surface area contributed by atoms with Crippen molar-refractivity contribution in [3.63, 3.8) is 0 Å². The summed E-state index contributed by atoms with van der Waals surface area (Å²) in [6.45, 7) is 5.22. The van der Waals surface area contributed by atoms with E-state index in [0.29, 0.717) is 39.8 Å². The molecule has 3 aromatic rings. The molecule has 0 bridgehead atoms. The number of aryl methyl sites for hydroxylation is 1. The Morgan fingerprint density at radius 3 is 2.28 bits per heavy atom. The number of hydrogen-bond donors (Lipinski definition) is 1. The van der Waals surface area contributed by atoms with E-state index in [2.05, 4.69) is 5.32 Å². The molecule has 2 aromatic carbocycles. The number of benzene rings is 2. The van der Waals surface area contributed by atoms with Gasteiger partial charge in [-0.15, -0.1) is 0 Å². The lowest BCUT2D eigenvalue weighted by Crippen LogP contribution is -2.41. The van der Waals surface area contributed by atoms with E-state index in [-0.39, 0.29) is 25.9 Å². The van der Waals surface area contributed by atoms with Crippen molar-refractivity contribution < 1.29 is 33.3 Å². The van der Waals surface area contributed by atoms with Crippen LogP contribution in [0, 0.1) is 13.8 Å². The van der Waals surface area contributed by atoms with E-state index in [4.69, 9.17) is 18.9 Å². The van der Waals surface area contributed by atoms with Crippen molar-refractivity contribution in [2.45, 2.75) is 26.3 Å². The van der Waals surface area contributed by atoms with Crippen molar-refractivity contribution in [2.24, 2.45) is 0 Å². The average molecular weight is 489 g/mol. The third-order valence-corrected chi connectivity index (χ3v) is 6.87. The minimum atomic E-state index is -1.33. The number of imide groups is 1. The van der Waals surface area contributed by atoms with Gasteiger partial charge >= 0.3 is 6.03 Å². The molecule has 10 heteroatoms. The predicted octanol–water partition coefficient (Wildman–Crippen LogP) is 3.20. The highest BCUT2D eigenvalue weighted by Gasteiger charge is 2.50. The van der Waals surface area contributed by atoms with Crippen LogP contribution in [0.3, 0.4) is 0 Å². The quantitative estimate of drug-likeness (QED) is 0.433. The Balaban J connectivity index is 1.26. The molecule has 184 valence electrons. The van der Waals surface area contributed by atoms with Gasteiger partial charge in [0.05, 0.1) is 6.54 Å². The molecule has 1 unspecified atom stereocenters. The van der Waals surface area contributed by atoms with Crippen LogP contribution >= 0.6 is 0 Å². The summed E-state index contributed by atoms with van der Waals surface area (Å²) in [5, 5.41) is 2.73. The van der Waals surface area contributed by atoms with Crippen molar-refractivity contribution in [1.29, 1.82) is 0 Å². The second kappa shape index (κ2) is 7.77. The van der Waals surface area contributed by atoms with E-state index in [1.807, 2.05) is 36.6 Å². The molecular formula is C26H23N3O7. The summed E-state index contributed by atoms with van der Waals surface area (Å²) >= 11 is 0. The number of carbonyl (C=O) groups excluding carboxylic acids is 3. The Kier molecular flexibility index (Phi) is 4.75. The minimum Gasteiger partial charge on any atom is -0.454 e. The van der Waals surface area contributed by atoms with Crippen LogP contribution < -0.4 is 24.3 Å². The largest absolute Gasteiger partial charge is 0.454 e. The third-order valence-electron chi connectivity index (χ3n) is 6.87. The van der Waals surface area contributed by atoms with Crippen LogP contribution in [-0.4, -0.2) is 47.3 Å². The molecule has 0 radical (unpaired) electrons. The first-order valence-corrected chi connectivity index (χ1v) is 11.4. The molecule has 1 fully saturated rings. The normalized spacial score (nSPS) is 19.7. The molecule has 1 atom stereocenters. The summed E-state index contributed by atoms with van der Waals surface area (Å²) < 4.78 is 23.5. The summed E-state index contributed by atoms with van der Waals surface area (Å²) in [5.74, 6) is 1.53. The van der Waals surface area contributed by atoms with Crippen molar-refractivity contribution >= 4 is 17.7 Å². The maximum Gasteiger partial charge on any atom is 0.325 e. The van der Waals surface area contributed by atoms with Crippen molar-refractivity contribution in [1.82, 2.24) is 14.8 Å². The highest BCUT2D eigenvalue weighted by atomic mass is 16.7. The van der Waals surface area contributed by atoms with Gasteiger partial charge in [-0.25, -0.2) is 4.79 Å². The molecule has 0 spiro atoms. The van der Waals surface area contributed by atoms with Gasteiger partial charge in [0, 0.05) is 28.7 Å². The number of ketones is 1. The fourth-order valence-corrected chi connectivity index (χ4v) is 4.94. The molecule has 4 heterocycles. The lowest BCUT2D eigenvalue weighted by atomic mass is 9.91. The Hall–Kier alpha value is -4.47.